The fourth-order valence-corrected chi connectivity index (χ4v) is 3.60. The van der Waals surface area contributed by atoms with Crippen LogP contribution in [0, 0.1) is 5.92 Å². The minimum Gasteiger partial charge on any atom is -0.444 e. The summed E-state index contributed by atoms with van der Waals surface area (Å²) in [6.45, 7) is 6.31. The van der Waals surface area contributed by atoms with E-state index in [4.69, 9.17) is 4.74 Å². The van der Waals surface area contributed by atoms with Gasteiger partial charge >= 0.3 is 12.3 Å². The number of ether oxygens (including phenoxy) is 1. The van der Waals surface area contributed by atoms with Gasteiger partial charge in [0.2, 0.25) is 0 Å². The average molecular weight is 358 g/mol. The van der Waals surface area contributed by atoms with Crippen molar-refractivity contribution in [2.75, 3.05) is 13.1 Å². The molecule has 1 saturated heterocycles. The molecule has 0 aliphatic carbocycles. The van der Waals surface area contributed by atoms with Gasteiger partial charge in [0.1, 0.15) is 5.60 Å². The highest BCUT2D eigenvalue weighted by atomic mass is 19.4. The molecule has 0 aromatic carbocycles. The van der Waals surface area contributed by atoms with E-state index in [2.05, 4.69) is 0 Å². The Labute approximate surface area is 143 Å². The van der Waals surface area contributed by atoms with Crippen LogP contribution in [0.15, 0.2) is 16.9 Å². The van der Waals surface area contributed by atoms with E-state index in [9.17, 15) is 22.8 Å². The number of aromatic nitrogens is 1. The van der Waals surface area contributed by atoms with Crippen LogP contribution in [0.5, 0.6) is 0 Å². The summed E-state index contributed by atoms with van der Waals surface area (Å²) in [4.78, 5) is 26.0. The molecule has 25 heavy (non-hydrogen) atoms. The number of nitrogens with zero attached hydrogens (tertiary/aromatic N) is 2. The Morgan fingerprint density at radius 2 is 1.84 bits per heavy atom. The SMILES string of the molecule is CC(C)(C)OC(=O)N1CC2C[C@@H](C1)c1cc(C(F)(F)F)cc(=O)n1C2. The van der Waals surface area contributed by atoms with Gasteiger partial charge in [-0.2, -0.15) is 13.2 Å². The molecular formula is C17H21F3N2O3. The lowest BCUT2D eigenvalue weighted by molar-refractivity contribution is -0.137. The van der Waals surface area contributed by atoms with E-state index >= 15 is 0 Å². The Hall–Kier alpha value is -1.99. The summed E-state index contributed by atoms with van der Waals surface area (Å²) >= 11 is 0. The lowest BCUT2D eigenvalue weighted by Gasteiger charge is -2.43. The van der Waals surface area contributed by atoms with Crippen LogP contribution in [0.25, 0.3) is 0 Å². The standard InChI is InChI=1S/C17H21F3N2O3/c1-16(2,3)25-15(24)21-7-10-4-11(9-21)13-5-12(17(18,19)20)6-14(23)22(13)8-10/h5-6,10-11H,4,7-9H2,1-3H3/t10?,11-/m0/s1. The molecule has 1 aromatic heterocycles. The number of fused-ring (bicyclic) bond motifs is 4. The highest BCUT2D eigenvalue weighted by molar-refractivity contribution is 5.68. The summed E-state index contributed by atoms with van der Waals surface area (Å²) in [6.07, 6.45) is -4.37. The number of rotatable bonds is 0. The van der Waals surface area contributed by atoms with Crippen molar-refractivity contribution in [3.63, 3.8) is 0 Å². The van der Waals surface area contributed by atoms with Gasteiger partial charge in [-0.15, -0.1) is 0 Å². The molecule has 5 nitrogen and oxygen atoms in total. The lowest BCUT2D eigenvalue weighted by Crippen LogP contribution is -2.50. The van der Waals surface area contributed by atoms with Crippen LogP contribution in [-0.4, -0.2) is 34.3 Å². The van der Waals surface area contributed by atoms with Gasteiger partial charge in [-0.05, 0) is 39.2 Å². The highest BCUT2D eigenvalue weighted by Gasteiger charge is 2.40. The average Bonchev–Trinajstić information content (AvgIpc) is 2.45. The number of carbonyl (C=O) groups is 1. The third kappa shape index (κ3) is 3.67. The van der Waals surface area contributed by atoms with Crippen molar-refractivity contribution in [1.29, 1.82) is 0 Å². The van der Waals surface area contributed by atoms with Crippen molar-refractivity contribution in [3.05, 3.63) is 33.7 Å². The first kappa shape index (κ1) is 17.8. The van der Waals surface area contributed by atoms with E-state index < -0.39 is 29.0 Å². The predicted octanol–water partition coefficient (Wildman–Crippen LogP) is 3.22. The van der Waals surface area contributed by atoms with Crippen molar-refractivity contribution in [1.82, 2.24) is 9.47 Å². The van der Waals surface area contributed by atoms with Gasteiger partial charge in [-0.25, -0.2) is 4.79 Å². The Morgan fingerprint density at radius 3 is 2.44 bits per heavy atom. The maximum atomic E-state index is 13.0. The van der Waals surface area contributed by atoms with Gasteiger partial charge in [0.05, 0.1) is 5.56 Å². The minimum atomic E-state index is -4.56. The van der Waals surface area contributed by atoms with Crippen molar-refractivity contribution in [2.24, 2.45) is 5.92 Å². The smallest absolute Gasteiger partial charge is 0.416 e. The van der Waals surface area contributed by atoms with E-state index in [0.29, 0.717) is 31.3 Å². The highest BCUT2D eigenvalue weighted by Crippen LogP contribution is 2.38. The molecule has 0 radical (unpaired) electrons. The zero-order valence-corrected chi connectivity index (χ0v) is 14.4. The third-order valence-corrected chi connectivity index (χ3v) is 4.54. The van der Waals surface area contributed by atoms with Crippen LogP contribution in [0.1, 0.15) is 44.4 Å². The van der Waals surface area contributed by atoms with E-state index in [1.54, 1.807) is 25.7 Å². The predicted molar refractivity (Wildman–Crippen MR) is 84.4 cm³/mol. The van der Waals surface area contributed by atoms with Crippen LogP contribution in [-0.2, 0) is 17.5 Å². The molecule has 138 valence electrons. The van der Waals surface area contributed by atoms with Gasteiger partial charge in [-0.3, -0.25) is 4.79 Å². The molecule has 1 aromatic rings. The molecule has 3 rings (SSSR count). The van der Waals surface area contributed by atoms with Crippen LogP contribution in [0.2, 0.25) is 0 Å². The maximum absolute atomic E-state index is 13.0. The first-order valence-electron chi connectivity index (χ1n) is 8.24. The molecule has 2 bridgehead atoms. The van der Waals surface area contributed by atoms with Crippen LogP contribution < -0.4 is 5.56 Å². The van der Waals surface area contributed by atoms with Crippen LogP contribution in [0.4, 0.5) is 18.0 Å². The van der Waals surface area contributed by atoms with Gasteiger partial charge in [0.25, 0.3) is 5.56 Å². The second kappa shape index (κ2) is 5.78. The molecule has 1 amide bonds. The number of likely N-dealkylation sites (tertiary alicyclic amines) is 1. The first-order valence-corrected chi connectivity index (χ1v) is 8.24. The summed E-state index contributed by atoms with van der Waals surface area (Å²) in [5.74, 6) is -0.261. The Balaban J connectivity index is 1.90. The molecule has 2 aliphatic rings. The van der Waals surface area contributed by atoms with E-state index in [1.807, 2.05) is 0 Å². The maximum Gasteiger partial charge on any atom is 0.416 e. The summed E-state index contributed by atoms with van der Waals surface area (Å²) in [7, 11) is 0. The van der Waals surface area contributed by atoms with Gasteiger partial charge < -0.3 is 14.2 Å². The fourth-order valence-electron chi connectivity index (χ4n) is 3.60. The number of pyridine rings is 1. The molecule has 0 saturated carbocycles. The molecule has 2 aliphatic heterocycles. The van der Waals surface area contributed by atoms with Crippen molar-refractivity contribution < 1.29 is 22.7 Å². The summed E-state index contributed by atoms with van der Waals surface area (Å²) in [5.41, 5.74) is -1.85. The number of carbonyl (C=O) groups excluding carboxylic acids is 1. The molecule has 8 heteroatoms. The second-order valence-electron chi connectivity index (χ2n) is 7.80. The van der Waals surface area contributed by atoms with Gasteiger partial charge in [-0.1, -0.05) is 0 Å². The zero-order valence-electron chi connectivity index (χ0n) is 14.4. The van der Waals surface area contributed by atoms with Crippen LogP contribution >= 0.6 is 0 Å². The zero-order chi connectivity index (χ0) is 18.6. The second-order valence-corrected chi connectivity index (χ2v) is 7.80. The number of hydrogen-bond acceptors (Lipinski definition) is 3. The largest absolute Gasteiger partial charge is 0.444 e. The molecule has 3 heterocycles. The Bertz CT molecular complexity index is 749. The number of amides is 1. The van der Waals surface area contributed by atoms with Crippen molar-refractivity contribution >= 4 is 6.09 Å². The Morgan fingerprint density at radius 1 is 1.16 bits per heavy atom. The number of piperidine rings is 1. The van der Waals surface area contributed by atoms with Crippen molar-refractivity contribution in [3.8, 4) is 0 Å². The van der Waals surface area contributed by atoms with E-state index in [1.165, 1.54) is 4.57 Å². The monoisotopic (exact) mass is 358 g/mol. The summed E-state index contributed by atoms with van der Waals surface area (Å²) < 4.78 is 45.8. The number of hydrogen-bond donors (Lipinski definition) is 0. The topological polar surface area (TPSA) is 51.5 Å². The van der Waals surface area contributed by atoms with Gasteiger partial charge in [0, 0.05) is 37.3 Å². The molecule has 0 spiro atoms. The number of alkyl halides is 3. The molecule has 1 fully saturated rings. The van der Waals surface area contributed by atoms with E-state index in [-0.39, 0.29) is 18.4 Å². The molecule has 0 N–H and O–H groups in total. The fraction of sp³-hybridized carbons (Fsp3) is 0.647. The molecule has 1 unspecified atom stereocenters. The molecule has 2 atom stereocenters. The quantitative estimate of drug-likeness (QED) is 0.716. The Kier molecular flexibility index (Phi) is 4.12. The lowest BCUT2D eigenvalue weighted by atomic mass is 9.83. The minimum absolute atomic E-state index is 0.0354. The third-order valence-electron chi connectivity index (χ3n) is 4.54. The van der Waals surface area contributed by atoms with E-state index in [0.717, 1.165) is 6.07 Å². The normalized spacial score (nSPS) is 23.2. The van der Waals surface area contributed by atoms with Gasteiger partial charge in [0.15, 0.2) is 0 Å². The molecular weight excluding hydrogens is 337 g/mol. The summed E-state index contributed by atoms with van der Waals surface area (Å²) in [6, 6.07) is 1.69. The van der Waals surface area contributed by atoms with Crippen molar-refractivity contribution in [2.45, 2.75) is 51.4 Å². The summed E-state index contributed by atoms with van der Waals surface area (Å²) in [5, 5.41) is 0. The number of halogens is 3. The van der Waals surface area contributed by atoms with Crippen LogP contribution in [0.3, 0.4) is 0 Å². The first-order chi connectivity index (χ1) is 11.4.